The molecule has 0 aliphatic heterocycles. The molecule has 6 nitrogen and oxygen atoms in total. The molecule has 0 bridgehead atoms. The van der Waals surface area contributed by atoms with Crippen LogP contribution < -0.4 is 0 Å². The normalized spacial score (nSPS) is 15.6. The largest absolute Gasteiger partial charge is 0.481 e. The molecule has 0 radical (unpaired) electrons. The SMILES string of the molecule is Cc1ccc(C(c2ccn3c(C4CC4)nnc3c2C)C(C)(C)C(=O)O)cc1CO. The first kappa shape index (κ1) is 19.6. The zero-order chi connectivity index (χ0) is 20.9. The van der Waals surface area contributed by atoms with Crippen molar-refractivity contribution in [1.82, 2.24) is 14.6 Å². The monoisotopic (exact) mass is 393 g/mol. The van der Waals surface area contributed by atoms with Gasteiger partial charge in [-0.1, -0.05) is 18.2 Å². The van der Waals surface area contributed by atoms with Crippen LogP contribution in [-0.4, -0.2) is 30.8 Å². The topological polar surface area (TPSA) is 87.7 Å². The van der Waals surface area contributed by atoms with Gasteiger partial charge in [0.15, 0.2) is 5.65 Å². The van der Waals surface area contributed by atoms with Crippen molar-refractivity contribution in [2.75, 3.05) is 0 Å². The predicted octanol–water partition coefficient (Wildman–Crippen LogP) is 3.96. The first-order valence-corrected chi connectivity index (χ1v) is 10.0. The molecule has 1 aromatic carbocycles. The number of benzene rings is 1. The summed E-state index contributed by atoms with van der Waals surface area (Å²) in [5.74, 6) is 0.206. The second-order valence-electron chi connectivity index (χ2n) is 8.73. The summed E-state index contributed by atoms with van der Waals surface area (Å²) in [7, 11) is 0. The number of nitrogens with zero attached hydrogens (tertiary/aromatic N) is 3. The van der Waals surface area contributed by atoms with Crippen LogP contribution in [0.25, 0.3) is 5.65 Å². The molecule has 1 aliphatic carbocycles. The average Bonchev–Trinajstić information content (AvgIpc) is 3.43. The van der Waals surface area contributed by atoms with Gasteiger partial charge in [0.25, 0.3) is 0 Å². The molecule has 2 aromatic heterocycles. The van der Waals surface area contributed by atoms with E-state index in [4.69, 9.17) is 0 Å². The molecule has 1 fully saturated rings. The maximum Gasteiger partial charge on any atom is 0.310 e. The van der Waals surface area contributed by atoms with Crippen LogP contribution in [0.15, 0.2) is 30.5 Å². The van der Waals surface area contributed by atoms with Crippen molar-refractivity contribution < 1.29 is 15.0 Å². The Morgan fingerprint density at radius 2 is 1.97 bits per heavy atom. The van der Waals surface area contributed by atoms with Crippen molar-refractivity contribution in [2.24, 2.45) is 5.41 Å². The highest BCUT2D eigenvalue weighted by Gasteiger charge is 2.40. The second-order valence-corrected chi connectivity index (χ2v) is 8.73. The molecule has 1 unspecified atom stereocenters. The number of aliphatic hydroxyl groups excluding tert-OH is 1. The van der Waals surface area contributed by atoms with E-state index in [1.165, 1.54) is 0 Å². The summed E-state index contributed by atoms with van der Waals surface area (Å²) < 4.78 is 2.04. The molecule has 2 N–H and O–H groups in total. The summed E-state index contributed by atoms with van der Waals surface area (Å²) in [4.78, 5) is 12.2. The molecule has 0 saturated heterocycles. The van der Waals surface area contributed by atoms with Gasteiger partial charge in [-0.15, -0.1) is 10.2 Å². The lowest BCUT2D eigenvalue weighted by atomic mass is 9.70. The number of carboxylic acids is 1. The standard InChI is InChI=1S/C23H27N3O3/c1-13-5-6-16(11-17(13)12-27)19(23(3,4)22(28)29)18-9-10-26-20(14(18)2)24-25-21(26)15-7-8-15/h5-6,9-11,15,19,27H,7-8,12H2,1-4H3,(H,28,29). The zero-order valence-corrected chi connectivity index (χ0v) is 17.3. The number of aryl methyl sites for hydroxylation is 2. The van der Waals surface area contributed by atoms with Crippen LogP contribution >= 0.6 is 0 Å². The summed E-state index contributed by atoms with van der Waals surface area (Å²) in [6.45, 7) is 7.36. The minimum atomic E-state index is -1.05. The molecular formula is C23H27N3O3. The zero-order valence-electron chi connectivity index (χ0n) is 17.3. The fourth-order valence-corrected chi connectivity index (χ4v) is 4.20. The van der Waals surface area contributed by atoms with E-state index in [0.717, 1.165) is 52.1 Å². The average molecular weight is 393 g/mol. The Morgan fingerprint density at radius 3 is 2.59 bits per heavy atom. The molecule has 152 valence electrons. The van der Waals surface area contributed by atoms with Crippen LogP contribution in [0.4, 0.5) is 0 Å². The lowest BCUT2D eigenvalue weighted by Crippen LogP contribution is -2.32. The van der Waals surface area contributed by atoms with Gasteiger partial charge < -0.3 is 10.2 Å². The van der Waals surface area contributed by atoms with Crippen molar-refractivity contribution >= 4 is 11.6 Å². The van der Waals surface area contributed by atoms with Crippen molar-refractivity contribution in [3.63, 3.8) is 0 Å². The molecular weight excluding hydrogens is 366 g/mol. The minimum Gasteiger partial charge on any atom is -0.481 e. The number of rotatable bonds is 6. The van der Waals surface area contributed by atoms with Crippen LogP contribution in [0.1, 0.15) is 72.2 Å². The number of hydrogen-bond acceptors (Lipinski definition) is 4. The molecule has 3 aromatic rings. The molecule has 29 heavy (non-hydrogen) atoms. The number of aliphatic carboxylic acids is 1. The third-order valence-electron chi connectivity index (χ3n) is 6.30. The smallest absolute Gasteiger partial charge is 0.310 e. The van der Waals surface area contributed by atoms with E-state index in [0.29, 0.717) is 5.92 Å². The molecule has 6 heteroatoms. The van der Waals surface area contributed by atoms with Gasteiger partial charge in [-0.25, -0.2) is 0 Å². The van der Waals surface area contributed by atoms with E-state index in [9.17, 15) is 15.0 Å². The van der Waals surface area contributed by atoms with Gasteiger partial charge >= 0.3 is 5.97 Å². The lowest BCUT2D eigenvalue weighted by molar-refractivity contribution is -0.147. The molecule has 1 atom stereocenters. The predicted molar refractivity (Wildman–Crippen MR) is 110 cm³/mol. The van der Waals surface area contributed by atoms with Gasteiger partial charge in [0, 0.05) is 18.0 Å². The van der Waals surface area contributed by atoms with Crippen molar-refractivity contribution in [1.29, 1.82) is 0 Å². The molecule has 2 heterocycles. The van der Waals surface area contributed by atoms with Gasteiger partial charge in [0.05, 0.1) is 12.0 Å². The molecule has 0 amide bonds. The van der Waals surface area contributed by atoms with Gasteiger partial charge in [0.1, 0.15) is 5.82 Å². The number of pyridine rings is 1. The van der Waals surface area contributed by atoms with Crippen molar-refractivity contribution in [3.05, 3.63) is 64.1 Å². The Balaban J connectivity index is 1.92. The van der Waals surface area contributed by atoms with E-state index >= 15 is 0 Å². The molecule has 0 spiro atoms. The quantitative estimate of drug-likeness (QED) is 0.662. The number of aromatic nitrogens is 3. The Morgan fingerprint density at radius 1 is 1.24 bits per heavy atom. The van der Waals surface area contributed by atoms with Crippen LogP contribution in [0, 0.1) is 19.3 Å². The van der Waals surface area contributed by atoms with Crippen molar-refractivity contribution in [2.45, 2.75) is 59.0 Å². The summed E-state index contributed by atoms with van der Waals surface area (Å²) in [6, 6.07) is 7.84. The molecule has 1 saturated carbocycles. The van der Waals surface area contributed by atoms with Gasteiger partial charge in [-0.3, -0.25) is 9.20 Å². The number of fused-ring (bicyclic) bond motifs is 1. The van der Waals surface area contributed by atoms with Gasteiger partial charge in [-0.05, 0) is 74.4 Å². The third kappa shape index (κ3) is 3.21. The van der Waals surface area contributed by atoms with Crippen LogP contribution in [0.2, 0.25) is 0 Å². The fourth-order valence-electron chi connectivity index (χ4n) is 4.20. The number of hydrogen-bond donors (Lipinski definition) is 2. The van der Waals surface area contributed by atoms with Crippen molar-refractivity contribution in [3.8, 4) is 0 Å². The Bertz CT molecular complexity index is 1100. The summed E-state index contributed by atoms with van der Waals surface area (Å²) >= 11 is 0. The van der Waals surface area contributed by atoms with E-state index in [1.54, 1.807) is 13.8 Å². The number of aliphatic hydroxyl groups is 1. The molecule has 4 rings (SSSR count). The Hall–Kier alpha value is -2.73. The highest BCUT2D eigenvalue weighted by atomic mass is 16.4. The van der Waals surface area contributed by atoms with Gasteiger partial charge in [0.2, 0.25) is 0 Å². The van der Waals surface area contributed by atoms with E-state index in [-0.39, 0.29) is 6.61 Å². The summed E-state index contributed by atoms with van der Waals surface area (Å²) in [5.41, 5.74) is 4.27. The van der Waals surface area contributed by atoms with Crippen LogP contribution in [0.3, 0.4) is 0 Å². The van der Waals surface area contributed by atoms with Crippen LogP contribution in [-0.2, 0) is 11.4 Å². The fraction of sp³-hybridized carbons (Fsp3) is 0.435. The number of carbonyl (C=O) groups is 1. The third-order valence-corrected chi connectivity index (χ3v) is 6.30. The maximum atomic E-state index is 12.2. The van der Waals surface area contributed by atoms with E-state index in [1.807, 2.05) is 48.7 Å². The van der Waals surface area contributed by atoms with E-state index < -0.39 is 17.3 Å². The first-order chi connectivity index (χ1) is 13.8. The Kier molecular flexibility index (Phi) is 4.69. The number of carboxylic acid groups (broad SMARTS) is 1. The second kappa shape index (κ2) is 6.95. The van der Waals surface area contributed by atoms with Crippen LogP contribution in [0.5, 0.6) is 0 Å². The Labute approximate surface area is 170 Å². The van der Waals surface area contributed by atoms with E-state index in [2.05, 4.69) is 10.2 Å². The highest BCUT2D eigenvalue weighted by Crippen LogP contribution is 2.44. The first-order valence-electron chi connectivity index (χ1n) is 10.0. The summed E-state index contributed by atoms with van der Waals surface area (Å²) in [5, 5.41) is 28.6. The molecule has 1 aliphatic rings. The maximum absolute atomic E-state index is 12.2. The highest BCUT2D eigenvalue weighted by molar-refractivity contribution is 5.77. The summed E-state index contributed by atoms with van der Waals surface area (Å²) in [6.07, 6.45) is 4.25. The minimum absolute atomic E-state index is 0.0766. The van der Waals surface area contributed by atoms with Gasteiger partial charge in [-0.2, -0.15) is 0 Å². The lowest BCUT2D eigenvalue weighted by Gasteiger charge is -2.33.